The van der Waals surface area contributed by atoms with Crippen LogP contribution in [0.15, 0.2) is 29.4 Å². The predicted molar refractivity (Wildman–Crippen MR) is 66.0 cm³/mol. The molecule has 0 aliphatic carbocycles. The highest BCUT2D eigenvalue weighted by atomic mass is 16.5. The van der Waals surface area contributed by atoms with E-state index in [0.717, 1.165) is 11.8 Å². The Labute approximate surface area is 99.3 Å². The maximum Gasteiger partial charge on any atom is 0.153 e. The summed E-state index contributed by atoms with van der Waals surface area (Å²) in [5.41, 5.74) is 9.56. The molecule has 5 nitrogen and oxygen atoms in total. The Morgan fingerprint density at radius 1 is 1.53 bits per heavy atom. The summed E-state index contributed by atoms with van der Waals surface area (Å²) in [4.78, 5) is 13.3. The molecule has 0 heterocycles. The highest BCUT2D eigenvalue weighted by Crippen LogP contribution is 2.19. The number of rotatable bonds is 6. The van der Waals surface area contributed by atoms with E-state index in [1.165, 1.54) is 7.11 Å². The Hall–Kier alpha value is -2.26. The van der Waals surface area contributed by atoms with Crippen molar-refractivity contribution in [2.24, 2.45) is 5.11 Å². The summed E-state index contributed by atoms with van der Waals surface area (Å²) in [6, 6.07) is 5.32. The summed E-state index contributed by atoms with van der Waals surface area (Å²) in [5, 5.41) is 3.42. The Kier molecular flexibility index (Phi) is 5.34. The Morgan fingerprint density at radius 3 is 3.00 bits per heavy atom. The second kappa shape index (κ2) is 7.09. The number of methoxy groups -OCH3 is 1. The maximum absolute atomic E-state index is 10.7. The number of carbonyl (C=O) groups excluding carboxylic acids is 1. The molecule has 0 amide bonds. The van der Waals surface area contributed by atoms with Gasteiger partial charge < -0.3 is 4.74 Å². The number of carbonyl (C=O) groups is 1. The summed E-state index contributed by atoms with van der Waals surface area (Å²) < 4.78 is 5.09. The second-order valence-electron chi connectivity index (χ2n) is 3.26. The Morgan fingerprint density at radius 2 is 2.35 bits per heavy atom. The van der Waals surface area contributed by atoms with Gasteiger partial charge in [0, 0.05) is 11.5 Å². The predicted octanol–water partition coefficient (Wildman–Crippen LogP) is 3.22. The quantitative estimate of drug-likeness (QED) is 0.248. The fourth-order valence-corrected chi connectivity index (χ4v) is 1.33. The van der Waals surface area contributed by atoms with Crippen LogP contribution in [-0.4, -0.2) is 19.9 Å². The normalized spacial score (nSPS) is 9.94. The highest BCUT2D eigenvalue weighted by molar-refractivity contribution is 5.80. The first-order valence-electron chi connectivity index (χ1n) is 5.12. The standard InChI is InChI=1S/C12H13N3O2/c1-17-12-8-10(5-6-11(12)9-16)4-2-3-7-14-15-13/h2,4-6,8-9H,3,7H2,1H3. The number of hydrogen-bond acceptors (Lipinski definition) is 3. The number of nitrogens with zero attached hydrogens (tertiary/aromatic N) is 3. The van der Waals surface area contributed by atoms with Crippen molar-refractivity contribution in [2.75, 3.05) is 13.7 Å². The molecule has 0 saturated heterocycles. The lowest BCUT2D eigenvalue weighted by molar-refractivity contribution is 0.112. The van der Waals surface area contributed by atoms with Crippen molar-refractivity contribution >= 4 is 12.4 Å². The molecule has 0 N–H and O–H groups in total. The Bertz CT molecular complexity index is 463. The van der Waals surface area contributed by atoms with Crippen molar-refractivity contribution in [3.05, 3.63) is 45.8 Å². The molecule has 0 atom stereocenters. The van der Waals surface area contributed by atoms with Crippen LogP contribution < -0.4 is 4.74 Å². The van der Waals surface area contributed by atoms with E-state index >= 15 is 0 Å². The minimum atomic E-state index is 0.441. The minimum absolute atomic E-state index is 0.441. The third-order valence-electron chi connectivity index (χ3n) is 2.15. The van der Waals surface area contributed by atoms with E-state index in [1.54, 1.807) is 12.1 Å². The van der Waals surface area contributed by atoms with Crippen LogP contribution in [0.4, 0.5) is 0 Å². The average Bonchev–Trinajstić information content (AvgIpc) is 2.38. The second-order valence-corrected chi connectivity index (χ2v) is 3.26. The number of azide groups is 1. The number of ether oxygens (including phenoxy) is 1. The van der Waals surface area contributed by atoms with Gasteiger partial charge in [0.25, 0.3) is 0 Å². The fraction of sp³-hybridized carbons (Fsp3) is 0.250. The van der Waals surface area contributed by atoms with Gasteiger partial charge in [-0.05, 0) is 29.6 Å². The largest absolute Gasteiger partial charge is 0.496 e. The molecule has 0 fully saturated rings. The number of benzene rings is 1. The highest BCUT2D eigenvalue weighted by Gasteiger charge is 2.01. The van der Waals surface area contributed by atoms with Crippen molar-refractivity contribution < 1.29 is 9.53 Å². The number of aldehydes is 1. The first-order valence-corrected chi connectivity index (χ1v) is 5.12. The van der Waals surface area contributed by atoms with Crippen LogP contribution >= 0.6 is 0 Å². The molecule has 0 saturated carbocycles. The first kappa shape index (κ1) is 12.8. The minimum Gasteiger partial charge on any atom is -0.496 e. The van der Waals surface area contributed by atoms with Crippen LogP contribution in [0.3, 0.4) is 0 Å². The van der Waals surface area contributed by atoms with Crippen molar-refractivity contribution in [1.82, 2.24) is 0 Å². The van der Waals surface area contributed by atoms with Gasteiger partial charge in [0.05, 0.1) is 12.7 Å². The van der Waals surface area contributed by atoms with Gasteiger partial charge in [-0.2, -0.15) is 0 Å². The summed E-state index contributed by atoms with van der Waals surface area (Å²) in [6.07, 6.45) is 5.24. The molecule has 17 heavy (non-hydrogen) atoms. The third-order valence-corrected chi connectivity index (χ3v) is 2.15. The van der Waals surface area contributed by atoms with Gasteiger partial charge in [-0.15, -0.1) is 0 Å². The molecule has 0 radical (unpaired) electrons. The van der Waals surface area contributed by atoms with E-state index in [4.69, 9.17) is 10.3 Å². The van der Waals surface area contributed by atoms with Gasteiger partial charge >= 0.3 is 0 Å². The lowest BCUT2D eigenvalue weighted by Gasteiger charge is -2.03. The number of hydrogen-bond donors (Lipinski definition) is 0. The van der Waals surface area contributed by atoms with E-state index in [0.29, 0.717) is 24.3 Å². The zero-order valence-corrected chi connectivity index (χ0v) is 9.54. The van der Waals surface area contributed by atoms with Crippen LogP contribution in [0.5, 0.6) is 5.75 Å². The van der Waals surface area contributed by atoms with Crippen LogP contribution in [-0.2, 0) is 0 Å². The monoisotopic (exact) mass is 231 g/mol. The Balaban J connectivity index is 2.71. The van der Waals surface area contributed by atoms with Gasteiger partial charge in [-0.3, -0.25) is 4.79 Å². The molecule has 0 aliphatic rings. The molecule has 5 heteroatoms. The smallest absolute Gasteiger partial charge is 0.153 e. The van der Waals surface area contributed by atoms with Crippen LogP contribution in [0.1, 0.15) is 22.3 Å². The van der Waals surface area contributed by atoms with Crippen molar-refractivity contribution in [3.63, 3.8) is 0 Å². The first-order chi connectivity index (χ1) is 8.31. The zero-order chi connectivity index (χ0) is 12.5. The molecular weight excluding hydrogens is 218 g/mol. The summed E-state index contributed by atoms with van der Waals surface area (Å²) in [6.45, 7) is 0.441. The van der Waals surface area contributed by atoms with Crippen molar-refractivity contribution in [1.29, 1.82) is 0 Å². The van der Waals surface area contributed by atoms with Gasteiger partial charge in [-0.1, -0.05) is 23.3 Å². The van der Waals surface area contributed by atoms with Gasteiger partial charge in [0.2, 0.25) is 0 Å². The van der Waals surface area contributed by atoms with Crippen LogP contribution in [0.25, 0.3) is 16.5 Å². The molecule has 1 aromatic carbocycles. The van der Waals surface area contributed by atoms with Gasteiger partial charge in [0.15, 0.2) is 6.29 Å². The lowest BCUT2D eigenvalue weighted by atomic mass is 10.1. The van der Waals surface area contributed by atoms with Crippen LogP contribution in [0, 0.1) is 0 Å². The molecule has 88 valence electrons. The van der Waals surface area contributed by atoms with E-state index in [-0.39, 0.29) is 0 Å². The van der Waals surface area contributed by atoms with E-state index in [9.17, 15) is 4.79 Å². The molecular formula is C12H13N3O2. The van der Waals surface area contributed by atoms with Crippen molar-refractivity contribution in [3.8, 4) is 5.75 Å². The van der Waals surface area contributed by atoms with Crippen molar-refractivity contribution in [2.45, 2.75) is 6.42 Å². The van der Waals surface area contributed by atoms with Gasteiger partial charge in [-0.25, -0.2) is 0 Å². The van der Waals surface area contributed by atoms with E-state index in [2.05, 4.69) is 10.0 Å². The summed E-state index contributed by atoms with van der Waals surface area (Å²) >= 11 is 0. The third kappa shape index (κ3) is 4.01. The fourth-order valence-electron chi connectivity index (χ4n) is 1.33. The topological polar surface area (TPSA) is 75.1 Å². The molecule has 0 aromatic heterocycles. The molecule has 0 spiro atoms. The molecule has 0 aliphatic heterocycles. The van der Waals surface area contributed by atoms with Crippen LogP contribution in [0.2, 0.25) is 0 Å². The summed E-state index contributed by atoms with van der Waals surface area (Å²) in [5.74, 6) is 0.553. The SMILES string of the molecule is COc1cc(C=CCCN=[N+]=[N-])ccc1C=O. The molecule has 1 aromatic rings. The van der Waals surface area contributed by atoms with E-state index in [1.807, 2.05) is 18.2 Å². The average molecular weight is 231 g/mol. The molecule has 0 bridgehead atoms. The molecule has 1 rings (SSSR count). The van der Waals surface area contributed by atoms with Gasteiger partial charge in [0.1, 0.15) is 5.75 Å². The molecule has 0 unspecified atom stereocenters. The lowest BCUT2D eigenvalue weighted by Crippen LogP contribution is -1.90. The van der Waals surface area contributed by atoms with E-state index < -0.39 is 0 Å². The summed E-state index contributed by atoms with van der Waals surface area (Å²) in [7, 11) is 1.53. The maximum atomic E-state index is 10.7. The zero-order valence-electron chi connectivity index (χ0n) is 9.54.